The molecule has 0 unspecified atom stereocenters. The molecule has 0 atom stereocenters. The molecule has 2 aromatic rings. The lowest BCUT2D eigenvalue weighted by molar-refractivity contribution is 0.306. The molecule has 3 rings (SSSR count). The van der Waals surface area contributed by atoms with Crippen molar-refractivity contribution in [3.63, 3.8) is 0 Å². The average Bonchev–Trinajstić information content (AvgIpc) is 2.66. The predicted octanol–water partition coefficient (Wildman–Crippen LogP) is 5.37. The number of nitrogens with zero attached hydrogens (tertiary/aromatic N) is 1. The summed E-state index contributed by atoms with van der Waals surface area (Å²) < 4.78 is 6.02. The normalized spacial score (nSPS) is 15.3. The highest BCUT2D eigenvalue weighted by molar-refractivity contribution is 5.70. The van der Waals surface area contributed by atoms with Crippen LogP contribution in [0.5, 0.6) is 5.75 Å². The first kappa shape index (κ1) is 18.7. The number of unbranched alkanes of at least 4 members (excludes halogenated alkanes) is 1. The summed E-state index contributed by atoms with van der Waals surface area (Å²) >= 11 is 0. The molecule has 0 amide bonds. The van der Waals surface area contributed by atoms with Gasteiger partial charge < -0.3 is 9.64 Å². The molecule has 0 radical (unpaired) electrons. The van der Waals surface area contributed by atoms with E-state index < -0.39 is 0 Å². The van der Waals surface area contributed by atoms with Gasteiger partial charge in [0.15, 0.2) is 0 Å². The molecule has 0 fully saturated rings. The first-order valence-electron chi connectivity index (χ1n) is 9.86. The van der Waals surface area contributed by atoms with Gasteiger partial charge in [0, 0.05) is 6.54 Å². The number of hydrogen-bond acceptors (Lipinski definition) is 2. The molecule has 0 aromatic heterocycles. The van der Waals surface area contributed by atoms with E-state index >= 15 is 0 Å². The third-order valence-corrected chi connectivity index (χ3v) is 4.99. The molecule has 1 aliphatic carbocycles. The number of aryl methyl sites for hydroxylation is 2. The van der Waals surface area contributed by atoms with Crippen LogP contribution in [0.15, 0.2) is 54.6 Å². The summed E-state index contributed by atoms with van der Waals surface area (Å²) in [5, 5.41) is 0. The minimum absolute atomic E-state index is 0.801. The van der Waals surface area contributed by atoms with E-state index in [1.807, 2.05) is 0 Å². The number of likely N-dealkylation sites (N-methyl/N-ethyl adjacent to an activating group) is 1. The van der Waals surface area contributed by atoms with Crippen molar-refractivity contribution in [2.75, 3.05) is 27.2 Å². The average molecular weight is 350 g/mol. The molecule has 0 aliphatic heterocycles. The fraction of sp³-hybridized carbons (Fsp3) is 0.417. The summed E-state index contributed by atoms with van der Waals surface area (Å²) in [7, 11) is 4.24. The van der Waals surface area contributed by atoms with E-state index in [1.165, 1.54) is 47.9 Å². The summed E-state index contributed by atoms with van der Waals surface area (Å²) in [5.41, 5.74) is 5.78. The second kappa shape index (κ2) is 9.59. The Morgan fingerprint density at radius 1 is 1.00 bits per heavy atom. The Hall–Kier alpha value is -2.06. The maximum atomic E-state index is 6.02. The van der Waals surface area contributed by atoms with Crippen LogP contribution in [0.3, 0.4) is 0 Å². The van der Waals surface area contributed by atoms with Gasteiger partial charge in [0.25, 0.3) is 0 Å². The van der Waals surface area contributed by atoms with Gasteiger partial charge >= 0.3 is 0 Å². The number of hydrogen-bond donors (Lipinski definition) is 0. The molecule has 0 spiro atoms. The van der Waals surface area contributed by atoms with E-state index in [2.05, 4.69) is 73.6 Å². The van der Waals surface area contributed by atoms with Crippen LogP contribution >= 0.6 is 0 Å². The number of ether oxygens (including phenoxy) is 1. The van der Waals surface area contributed by atoms with Crippen molar-refractivity contribution < 1.29 is 4.74 Å². The number of benzene rings is 2. The van der Waals surface area contributed by atoms with Crippen LogP contribution in [0.4, 0.5) is 0 Å². The van der Waals surface area contributed by atoms with Gasteiger partial charge in [-0.3, -0.25) is 0 Å². The smallest absolute Gasteiger partial charge is 0.119 e. The second-order valence-electron chi connectivity index (χ2n) is 7.46. The Kier molecular flexibility index (Phi) is 6.90. The quantitative estimate of drug-likeness (QED) is 0.594. The summed E-state index contributed by atoms with van der Waals surface area (Å²) in [4.78, 5) is 2.22. The van der Waals surface area contributed by atoms with E-state index in [-0.39, 0.29) is 0 Å². The second-order valence-corrected chi connectivity index (χ2v) is 7.46. The molecule has 26 heavy (non-hydrogen) atoms. The Balaban J connectivity index is 1.50. The van der Waals surface area contributed by atoms with Gasteiger partial charge in [-0.05, 0) is 87.0 Å². The topological polar surface area (TPSA) is 12.5 Å². The van der Waals surface area contributed by atoms with Crippen LogP contribution in [0.25, 0.3) is 5.57 Å². The van der Waals surface area contributed by atoms with Crippen molar-refractivity contribution in [3.05, 3.63) is 71.3 Å². The third-order valence-electron chi connectivity index (χ3n) is 4.99. The molecule has 2 nitrogen and oxygen atoms in total. The highest BCUT2D eigenvalue weighted by Crippen LogP contribution is 2.33. The van der Waals surface area contributed by atoms with Gasteiger partial charge in [0.2, 0.25) is 0 Å². The van der Waals surface area contributed by atoms with E-state index in [0.717, 1.165) is 31.7 Å². The zero-order valence-electron chi connectivity index (χ0n) is 16.2. The Morgan fingerprint density at radius 3 is 2.65 bits per heavy atom. The van der Waals surface area contributed by atoms with Crippen molar-refractivity contribution in [1.82, 2.24) is 4.90 Å². The molecule has 1 aliphatic rings. The van der Waals surface area contributed by atoms with Crippen molar-refractivity contribution in [3.8, 4) is 5.75 Å². The Morgan fingerprint density at radius 2 is 1.85 bits per heavy atom. The number of rotatable bonds is 8. The van der Waals surface area contributed by atoms with E-state index in [0.29, 0.717) is 0 Å². The summed E-state index contributed by atoms with van der Waals surface area (Å²) in [6.07, 6.45) is 9.38. The van der Waals surface area contributed by atoms with Gasteiger partial charge in [-0.2, -0.15) is 0 Å². The largest absolute Gasteiger partial charge is 0.494 e. The van der Waals surface area contributed by atoms with Crippen molar-refractivity contribution >= 4 is 5.57 Å². The van der Waals surface area contributed by atoms with Gasteiger partial charge in [0.1, 0.15) is 5.75 Å². The molecule has 0 saturated carbocycles. The van der Waals surface area contributed by atoms with Gasteiger partial charge in [-0.1, -0.05) is 42.5 Å². The zero-order valence-corrected chi connectivity index (χ0v) is 16.2. The van der Waals surface area contributed by atoms with Gasteiger partial charge in [-0.25, -0.2) is 0 Å². The lowest BCUT2D eigenvalue weighted by Gasteiger charge is -2.21. The first-order valence-corrected chi connectivity index (χ1v) is 9.86. The van der Waals surface area contributed by atoms with Crippen molar-refractivity contribution in [2.24, 2.45) is 0 Å². The molecule has 138 valence electrons. The zero-order chi connectivity index (χ0) is 18.2. The molecular formula is C24H31NO. The molecular weight excluding hydrogens is 318 g/mol. The Bertz CT molecular complexity index is 718. The molecule has 0 saturated heterocycles. The minimum Gasteiger partial charge on any atom is -0.494 e. The summed E-state index contributed by atoms with van der Waals surface area (Å²) in [5.74, 6) is 1.03. The summed E-state index contributed by atoms with van der Waals surface area (Å²) in [6.45, 7) is 1.81. The first-order chi connectivity index (χ1) is 12.7. The molecule has 0 heterocycles. The fourth-order valence-corrected chi connectivity index (χ4v) is 3.55. The van der Waals surface area contributed by atoms with E-state index in [4.69, 9.17) is 4.74 Å². The molecule has 2 heteroatoms. The highest BCUT2D eigenvalue weighted by Gasteiger charge is 2.14. The highest BCUT2D eigenvalue weighted by atomic mass is 16.5. The van der Waals surface area contributed by atoms with Crippen LogP contribution in [-0.4, -0.2) is 32.1 Å². The lowest BCUT2D eigenvalue weighted by atomic mass is 9.87. The maximum Gasteiger partial charge on any atom is 0.119 e. The monoisotopic (exact) mass is 349 g/mol. The van der Waals surface area contributed by atoms with Gasteiger partial charge in [-0.15, -0.1) is 0 Å². The maximum absolute atomic E-state index is 6.02. The van der Waals surface area contributed by atoms with Crippen molar-refractivity contribution in [2.45, 2.75) is 38.5 Å². The van der Waals surface area contributed by atoms with Crippen LogP contribution in [-0.2, 0) is 12.8 Å². The summed E-state index contributed by atoms with van der Waals surface area (Å²) in [6, 6.07) is 17.4. The van der Waals surface area contributed by atoms with Crippen LogP contribution in [0.2, 0.25) is 0 Å². The third kappa shape index (κ3) is 5.47. The van der Waals surface area contributed by atoms with Crippen LogP contribution in [0.1, 0.15) is 42.4 Å². The minimum atomic E-state index is 0.801. The fourth-order valence-electron chi connectivity index (χ4n) is 3.55. The Labute approximate surface area is 158 Å². The number of allylic oxidation sites excluding steroid dienone is 1. The lowest BCUT2D eigenvalue weighted by Crippen LogP contribution is -2.12. The van der Waals surface area contributed by atoms with Gasteiger partial charge in [0.05, 0.1) is 6.61 Å². The van der Waals surface area contributed by atoms with Crippen molar-refractivity contribution in [1.29, 1.82) is 0 Å². The van der Waals surface area contributed by atoms with E-state index in [1.54, 1.807) is 0 Å². The van der Waals surface area contributed by atoms with E-state index in [9.17, 15) is 0 Å². The molecule has 2 aromatic carbocycles. The number of fused-ring (bicyclic) bond motifs is 1. The van der Waals surface area contributed by atoms with Crippen LogP contribution in [0, 0.1) is 0 Å². The predicted molar refractivity (Wildman–Crippen MR) is 111 cm³/mol. The van der Waals surface area contributed by atoms with Crippen LogP contribution < -0.4 is 4.74 Å². The molecule has 0 N–H and O–H groups in total. The SMILES string of the molecule is CN(C)C/C=C1/CCCc2cc(OCCCCc3ccccc3)ccc21. The standard InChI is InChI=1S/C24H31NO/c1-25(2)17-16-21-12-8-13-22-19-23(14-15-24(21)22)26-18-7-6-11-20-9-4-3-5-10-20/h3-5,9-10,14-16,19H,6-8,11-13,17-18H2,1-2H3/b21-16-. The molecule has 0 bridgehead atoms.